The minimum Gasteiger partial charge on any atom is -0.351 e. The fourth-order valence-electron chi connectivity index (χ4n) is 2.91. The number of carbonyl (C=O) groups is 1. The summed E-state index contributed by atoms with van der Waals surface area (Å²) >= 11 is 6.99. The largest absolute Gasteiger partial charge is 0.351 e. The highest BCUT2D eigenvalue weighted by Gasteiger charge is 2.29. The van der Waals surface area contributed by atoms with E-state index >= 15 is 0 Å². The molecule has 0 aliphatic carbocycles. The molecule has 1 unspecified atom stereocenters. The second-order valence-corrected chi connectivity index (χ2v) is 7.30. The van der Waals surface area contributed by atoms with Gasteiger partial charge in [-0.3, -0.25) is 4.79 Å². The van der Waals surface area contributed by atoms with Crippen molar-refractivity contribution >= 4 is 35.0 Å². The molecule has 4 nitrogen and oxygen atoms in total. The van der Waals surface area contributed by atoms with Gasteiger partial charge in [-0.25, -0.2) is 0 Å². The lowest BCUT2D eigenvalue weighted by atomic mass is 9.95. The van der Waals surface area contributed by atoms with Crippen molar-refractivity contribution in [3.05, 3.63) is 77.0 Å². The van der Waals surface area contributed by atoms with Gasteiger partial charge in [-0.05, 0) is 48.7 Å². The van der Waals surface area contributed by atoms with Crippen molar-refractivity contribution in [2.24, 2.45) is 0 Å². The molecule has 1 atom stereocenters. The van der Waals surface area contributed by atoms with Crippen LogP contribution in [0.1, 0.15) is 24.1 Å². The maximum absolute atomic E-state index is 12.9. The van der Waals surface area contributed by atoms with E-state index in [4.69, 9.17) is 12.2 Å². The Labute approximate surface area is 163 Å². The van der Waals surface area contributed by atoms with Gasteiger partial charge in [0.15, 0.2) is 5.11 Å². The molecular weight excluding hydrogens is 362 g/mol. The standard InChI is InChI=1S/C20H21N3OS2/c1-13-17(19(24)21-12-14-6-4-3-5-7-14)18(23-20(25)22-13)15-8-10-16(26-2)11-9-15/h3-11,18H,12H2,1-2H3,(H,21,24)(H2,22,23,25). The van der Waals surface area contributed by atoms with Crippen molar-refractivity contribution in [2.75, 3.05) is 6.26 Å². The first kappa shape index (κ1) is 18.5. The lowest BCUT2D eigenvalue weighted by molar-refractivity contribution is -0.118. The Bertz CT molecular complexity index is 832. The second-order valence-electron chi connectivity index (χ2n) is 6.01. The highest BCUT2D eigenvalue weighted by atomic mass is 32.2. The van der Waals surface area contributed by atoms with Crippen molar-refractivity contribution in [3.8, 4) is 0 Å². The van der Waals surface area contributed by atoms with Crippen LogP contribution in [0.5, 0.6) is 0 Å². The van der Waals surface area contributed by atoms with Crippen LogP contribution in [0, 0.1) is 0 Å². The quantitative estimate of drug-likeness (QED) is 0.545. The summed E-state index contributed by atoms with van der Waals surface area (Å²) in [5.41, 5.74) is 3.51. The van der Waals surface area contributed by atoms with E-state index in [-0.39, 0.29) is 11.9 Å². The zero-order valence-corrected chi connectivity index (χ0v) is 16.3. The topological polar surface area (TPSA) is 53.2 Å². The highest BCUT2D eigenvalue weighted by molar-refractivity contribution is 7.98. The summed E-state index contributed by atoms with van der Waals surface area (Å²) in [5, 5.41) is 9.83. The van der Waals surface area contributed by atoms with Crippen LogP contribution in [0.2, 0.25) is 0 Å². The zero-order valence-electron chi connectivity index (χ0n) is 14.7. The molecule has 0 fully saturated rings. The van der Waals surface area contributed by atoms with Crippen molar-refractivity contribution in [1.82, 2.24) is 16.0 Å². The molecular formula is C20H21N3OS2. The maximum Gasteiger partial charge on any atom is 0.251 e. The van der Waals surface area contributed by atoms with Gasteiger partial charge in [0.05, 0.1) is 11.6 Å². The molecule has 1 aliphatic heterocycles. The molecule has 0 spiro atoms. The van der Waals surface area contributed by atoms with Crippen LogP contribution in [0.15, 0.2) is 70.8 Å². The van der Waals surface area contributed by atoms with Gasteiger partial charge >= 0.3 is 0 Å². The summed E-state index contributed by atoms with van der Waals surface area (Å²) in [7, 11) is 0. The van der Waals surface area contributed by atoms with E-state index < -0.39 is 0 Å². The summed E-state index contributed by atoms with van der Waals surface area (Å²) < 4.78 is 0. The SMILES string of the molecule is CSc1ccc(C2NC(=S)NC(C)=C2C(=O)NCc2ccccc2)cc1. The second kappa shape index (κ2) is 8.38. The fourth-order valence-corrected chi connectivity index (χ4v) is 3.59. The van der Waals surface area contributed by atoms with Crippen LogP contribution in [0.3, 0.4) is 0 Å². The number of benzene rings is 2. The molecule has 0 bridgehead atoms. The van der Waals surface area contributed by atoms with Crippen molar-refractivity contribution < 1.29 is 4.79 Å². The van der Waals surface area contributed by atoms with Gasteiger partial charge in [0.25, 0.3) is 5.91 Å². The molecule has 3 rings (SSSR count). The molecule has 134 valence electrons. The van der Waals surface area contributed by atoms with Gasteiger partial charge < -0.3 is 16.0 Å². The van der Waals surface area contributed by atoms with E-state index in [0.717, 1.165) is 16.8 Å². The number of thioether (sulfide) groups is 1. The van der Waals surface area contributed by atoms with Gasteiger partial charge in [-0.2, -0.15) is 0 Å². The number of carbonyl (C=O) groups excluding carboxylic acids is 1. The van der Waals surface area contributed by atoms with E-state index in [2.05, 4.69) is 28.1 Å². The Balaban J connectivity index is 1.83. The number of rotatable bonds is 5. The molecule has 2 aromatic carbocycles. The third kappa shape index (κ3) is 4.26. The number of nitrogens with one attached hydrogen (secondary N) is 3. The Morgan fingerprint density at radius 3 is 2.50 bits per heavy atom. The number of allylic oxidation sites excluding steroid dienone is 1. The van der Waals surface area contributed by atoms with Crippen molar-refractivity contribution in [3.63, 3.8) is 0 Å². The average Bonchev–Trinajstić information content (AvgIpc) is 2.66. The number of amides is 1. The fraction of sp³-hybridized carbons (Fsp3) is 0.200. The summed E-state index contributed by atoms with van der Waals surface area (Å²) in [5.74, 6) is -0.104. The van der Waals surface area contributed by atoms with Crippen LogP contribution >= 0.6 is 24.0 Å². The molecule has 3 N–H and O–H groups in total. The monoisotopic (exact) mass is 383 g/mol. The predicted molar refractivity (Wildman–Crippen MR) is 111 cm³/mol. The minimum absolute atomic E-state index is 0.104. The van der Waals surface area contributed by atoms with E-state index in [1.807, 2.05) is 55.6 Å². The summed E-state index contributed by atoms with van der Waals surface area (Å²) in [6.45, 7) is 2.37. The van der Waals surface area contributed by atoms with Crippen molar-refractivity contribution in [2.45, 2.75) is 24.4 Å². The Kier molecular flexibility index (Phi) is 5.96. The van der Waals surface area contributed by atoms with E-state index in [1.54, 1.807) is 11.8 Å². The van der Waals surface area contributed by atoms with Crippen LogP contribution in [-0.2, 0) is 11.3 Å². The molecule has 26 heavy (non-hydrogen) atoms. The normalized spacial score (nSPS) is 16.7. The lowest BCUT2D eigenvalue weighted by Gasteiger charge is -2.30. The van der Waals surface area contributed by atoms with Gasteiger partial charge in [-0.15, -0.1) is 11.8 Å². The Morgan fingerprint density at radius 2 is 1.85 bits per heavy atom. The average molecular weight is 384 g/mol. The Hall–Kier alpha value is -2.31. The summed E-state index contributed by atoms with van der Waals surface area (Å²) in [6, 6.07) is 17.8. The van der Waals surface area contributed by atoms with Gasteiger partial charge in [0.2, 0.25) is 0 Å². The van der Waals surface area contributed by atoms with Gasteiger partial charge in [0, 0.05) is 17.1 Å². The van der Waals surface area contributed by atoms with Crippen LogP contribution in [0.25, 0.3) is 0 Å². The Morgan fingerprint density at radius 1 is 1.15 bits per heavy atom. The maximum atomic E-state index is 12.9. The van der Waals surface area contributed by atoms with Crippen LogP contribution in [0.4, 0.5) is 0 Å². The first-order chi connectivity index (χ1) is 12.6. The van der Waals surface area contributed by atoms with Gasteiger partial charge in [-0.1, -0.05) is 42.5 Å². The number of thiocarbonyl (C=S) groups is 1. The summed E-state index contributed by atoms with van der Waals surface area (Å²) in [4.78, 5) is 14.1. The molecule has 1 heterocycles. The van der Waals surface area contributed by atoms with E-state index in [0.29, 0.717) is 17.2 Å². The smallest absolute Gasteiger partial charge is 0.251 e. The number of hydrogen-bond acceptors (Lipinski definition) is 3. The van der Waals surface area contributed by atoms with Crippen LogP contribution in [-0.4, -0.2) is 17.3 Å². The van der Waals surface area contributed by atoms with Crippen LogP contribution < -0.4 is 16.0 Å². The molecule has 2 aromatic rings. The summed E-state index contributed by atoms with van der Waals surface area (Å²) in [6.07, 6.45) is 2.04. The predicted octanol–water partition coefficient (Wildman–Crippen LogP) is 3.52. The van der Waals surface area contributed by atoms with E-state index in [1.165, 1.54) is 4.90 Å². The molecule has 0 radical (unpaired) electrons. The number of hydrogen-bond donors (Lipinski definition) is 3. The first-order valence-electron chi connectivity index (χ1n) is 8.33. The van der Waals surface area contributed by atoms with E-state index in [9.17, 15) is 4.79 Å². The third-order valence-corrected chi connectivity index (χ3v) is 5.22. The first-order valence-corrected chi connectivity index (χ1v) is 9.96. The minimum atomic E-state index is -0.268. The molecule has 1 aliphatic rings. The molecule has 0 saturated carbocycles. The molecule has 1 amide bonds. The van der Waals surface area contributed by atoms with Gasteiger partial charge in [0.1, 0.15) is 0 Å². The lowest BCUT2D eigenvalue weighted by Crippen LogP contribution is -2.46. The molecule has 0 saturated heterocycles. The highest BCUT2D eigenvalue weighted by Crippen LogP contribution is 2.28. The van der Waals surface area contributed by atoms with Crippen molar-refractivity contribution in [1.29, 1.82) is 0 Å². The molecule has 0 aromatic heterocycles. The zero-order chi connectivity index (χ0) is 18.5. The molecule has 6 heteroatoms. The third-order valence-electron chi connectivity index (χ3n) is 4.26.